The van der Waals surface area contributed by atoms with E-state index in [1.165, 1.54) is 6.20 Å². The Morgan fingerprint density at radius 2 is 1.97 bits per heavy atom. The van der Waals surface area contributed by atoms with Gasteiger partial charge in [0.05, 0.1) is 0 Å². The second kappa shape index (κ2) is 9.07. The number of carbonyl (C=O) groups excluding carboxylic acids is 1. The number of hydrogen-bond acceptors (Lipinski definition) is 8. The van der Waals surface area contributed by atoms with Crippen LogP contribution in [0.25, 0.3) is 11.1 Å². The van der Waals surface area contributed by atoms with E-state index in [1.807, 2.05) is 24.3 Å². The van der Waals surface area contributed by atoms with Crippen LogP contribution in [0.4, 0.5) is 6.01 Å². The number of fused-ring (bicyclic) bond motifs is 2. The largest absolute Gasteiger partial charge is 0.486 e. The summed E-state index contributed by atoms with van der Waals surface area (Å²) >= 11 is 0. The monoisotopic (exact) mass is 446 g/mol. The molecule has 1 aliphatic rings. The lowest BCUT2D eigenvalue weighted by Crippen LogP contribution is -2.18. The second-order valence-corrected chi connectivity index (χ2v) is 7.32. The highest BCUT2D eigenvalue weighted by Crippen LogP contribution is 2.34. The van der Waals surface area contributed by atoms with Gasteiger partial charge in [0.15, 0.2) is 17.1 Å². The minimum absolute atomic E-state index is 0.277. The molecule has 0 unspecified atom stereocenters. The topological polar surface area (TPSA) is 108 Å². The van der Waals surface area contributed by atoms with Crippen LogP contribution in [0.5, 0.6) is 23.0 Å². The molecule has 0 saturated heterocycles. The highest BCUT2D eigenvalue weighted by molar-refractivity contribution is 5.92. The fourth-order valence-corrected chi connectivity index (χ4v) is 3.54. The number of aromatic nitrogens is 2. The van der Waals surface area contributed by atoms with Crippen molar-refractivity contribution in [3.8, 4) is 23.0 Å². The molecule has 4 aromatic rings. The number of rotatable bonds is 7. The Balaban J connectivity index is 1.25. The zero-order chi connectivity index (χ0) is 22.6. The third-order valence-corrected chi connectivity index (χ3v) is 5.11. The summed E-state index contributed by atoms with van der Waals surface area (Å²) in [6.45, 7) is 1.74. The van der Waals surface area contributed by atoms with Crippen LogP contribution in [0.15, 0.2) is 59.1 Å². The number of nitrogens with zero attached hydrogens (tertiary/aromatic N) is 2. The molecule has 5 rings (SSSR count). The van der Waals surface area contributed by atoms with Crippen molar-refractivity contribution < 1.29 is 23.4 Å². The fourth-order valence-electron chi connectivity index (χ4n) is 3.54. The van der Waals surface area contributed by atoms with Crippen LogP contribution >= 0.6 is 0 Å². The minimum atomic E-state index is -0.281. The first kappa shape index (κ1) is 20.6. The summed E-state index contributed by atoms with van der Waals surface area (Å²) in [5.41, 5.74) is 2.64. The number of hydrogen-bond donors (Lipinski definition) is 2. The van der Waals surface area contributed by atoms with E-state index < -0.39 is 0 Å². The first-order valence-corrected chi connectivity index (χ1v) is 10.6. The average molecular weight is 446 g/mol. The molecule has 33 heavy (non-hydrogen) atoms. The lowest BCUT2D eigenvalue weighted by Gasteiger charge is -2.20. The number of benzene rings is 2. The van der Waals surface area contributed by atoms with Gasteiger partial charge in [-0.2, -0.15) is 4.98 Å². The van der Waals surface area contributed by atoms with E-state index in [0.29, 0.717) is 48.4 Å². The highest BCUT2D eigenvalue weighted by Gasteiger charge is 2.15. The number of ether oxygens (including phenoxy) is 3. The molecule has 0 radical (unpaired) electrons. The smallest absolute Gasteiger partial charge is 0.295 e. The molecule has 0 spiro atoms. The van der Waals surface area contributed by atoms with E-state index in [-0.39, 0.29) is 11.6 Å². The maximum Gasteiger partial charge on any atom is 0.295 e. The van der Waals surface area contributed by atoms with Crippen molar-refractivity contribution in [3.05, 3.63) is 66.0 Å². The molecule has 0 aliphatic carbocycles. The number of oxazole rings is 1. The van der Waals surface area contributed by atoms with Crippen molar-refractivity contribution >= 4 is 23.0 Å². The molecule has 1 aliphatic heterocycles. The number of amides is 1. The maximum atomic E-state index is 11.8. The minimum Gasteiger partial charge on any atom is -0.486 e. The predicted octanol–water partition coefficient (Wildman–Crippen LogP) is 3.80. The molecule has 0 bridgehead atoms. The van der Waals surface area contributed by atoms with Gasteiger partial charge in [-0.05, 0) is 36.2 Å². The third-order valence-electron chi connectivity index (χ3n) is 5.11. The fraction of sp³-hybridized carbons (Fsp3) is 0.208. The summed E-state index contributed by atoms with van der Waals surface area (Å²) < 4.78 is 23.1. The Kier molecular flexibility index (Phi) is 5.67. The van der Waals surface area contributed by atoms with E-state index in [2.05, 4.69) is 20.6 Å². The lowest BCUT2D eigenvalue weighted by atomic mass is 10.1. The molecule has 168 valence electrons. The zero-order valence-corrected chi connectivity index (χ0v) is 18.0. The molecule has 2 aromatic carbocycles. The van der Waals surface area contributed by atoms with Gasteiger partial charge in [0.1, 0.15) is 35.9 Å². The van der Waals surface area contributed by atoms with Crippen molar-refractivity contribution in [2.45, 2.75) is 6.42 Å². The predicted molar refractivity (Wildman–Crippen MR) is 121 cm³/mol. The Bertz CT molecular complexity index is 1300. The van der Waals surface area contributed by atoms with E-state index in [9.17, 15) is 4.79 Å². The van der Waals surface area contributed by atoms with Crippen LogP contribution in [-0.2, 0) is 6.42 Å². The molecule has 3 heterocycles. The summed E-state index contributed by atoms with van der Waals surface area (Å²) in [6, 6.07) is 15.0. The summed E-state index contributed by atoms with van der Waals surface area (Å²) in [4.78, 5) is 20.3. The van der Waals surface area contributed by atoms with E-state index in [4.69, 9.17) is 18.6 Å². The van der Waals surface area contributed by atoms with Crippen LogP contribution in [-0.4, -0.2) is 42.7 Å². The molecule has 0 saturated carbocycles. The highest BCUT2D eigenvalue weighted by atomic mass is 16.6. The Morgan fingerprint density at radius 3 is 2.88 bits per heavy atom. The van der Waals surface area contributed by atoms with Crippen molar-refractivity contribution in [2.75, 3.05) is 32.1 Å². The number of carbonyl (C=O) groups is 1. The molecule has 0 fully saturated rings. The van der Waals surface area contributed by atoms with Crippen LogP contribution in [0.3, 0.4) is 0 Å². The maximum absolute atomic E-state index is 11.8. The van der Waals surface area contributed by atoms with Gasteiger partial charge in [-0.3, -0.25) is 9.78 Å². The Labute approximate surface area is 189 Å². The number of anilines is 1. The zero-order valence-electron chi connectivity index (χ0n) is 18.0. The van der Waals surface area contributed by atoms with Gasteiger partial charge in [0.2, 0.25) is 0 Å². The number of nitrogens with one attached hydrogen (secondary N) is 2. The quantitative estimate of drug-likeness (QED) is 0.441. The first-order chi connectivity index (χ1) is 16.2. The Hall–Kier alpha value is -4.27. The van der Waals surface area contributed by atoms with Crippen LogP contribution in [0, 0.1) is 0 Å². The second-order valence-electron chi connectivity index (χ2n) is 7.32. The molecule has 0 atom stereocenters. The summed E-state index contributed by atoms with van der Waals surface area (Å²) in [5, 5.41) is 5.76. The summed E-state index contributed by atoms with van der Waals surface area (Å²) in [7, 11) is 1.55. The first-order valence-electron chi connectivity index (χ1n) is 10.6. The molecular formula is C24H22N4O5. The van der Waals surface area contributed by atoms with Gasteiger partial charge in [-0.1, -0.05) is 12.1 Å². The molecule has 1 amide bonds. The number of pyridine rings is 1. The molecule has 9 nitrogen and oxygen atoms in total. The van der Waals surface area contributed by atoms with Gasteiger partial charge in [0, 0.05) is 31.9 Å². The molecule has 9 heteroatoms. The van der Waals surface area contributed by atoms with Gasteiger partial charge < -0.3 is 29.3 Å². The lowest BCUT2D eigenvalue weighted by molar-refractivity contribution is 0.0958. The average Bonchev–Trinajstić information content (AvgIpc) is 3.26. The van der Waals surface area contributed by atoms with Gasteiger partial charge in [0.25, 0.3) is 11.9 Å². The van der Waals surface area contributed by atoms with Crippen LogP contribution in [0.2, 0.25) is 0 Å². The molecule has 2 aromatic heterocycles. The van der Waals surface area contributed by atoms with Crippen molar-refractivity contribution in [2.24, 2.45) is 0 Å². The van der Waals surface area contributed by atoms with Crippen molar-refractivity contribution in [1.82, 2.24) is 15.3 Å². The van der Waals surface area contributed by atoms with Gasteiger partial charge in [-0.25, -0.2) is 0 Å². The molecular weight excluding hydrogens is 424 g/mol. The van der Waals surface area contributed by atoms with Crippen molar-refractivity contribution in [1.29, 1.82) is 0 Å². The SMILES string of the molecule is CNC(=O)c1cc(Oc2ccc3nc(NCCc4cccc5c4OCCO5)oc3c2)ccn1. The van der Waals surface area contributed by atoms with E-state index in [0.717, 1.165) is 23.5 Å². The molecule has 2 N–H and O–H groups in total. The number of para-hydroxylation sites is 1. The van der Waals surface area contributed by atoms with E-state index >= 15 is 0 Å². The van der Waals surface area contributed by atoms with Crippen LogP contribution < -0.4 is 24.8 Å². The third kappa shape index (κ3) is 4.52. The van der Waals surface area contributed by atoms with Crippen LogP contribution in [0.1, 0.15) is 16.1 Å². The summed E-state index contributed by atoms with van der Waals surface area (Å²) in [5.74, 6) is 2.37. The van der Waals surface area contributed by atoms with Gasteiger partial charge >= 0.3 is 0 Å². The van der Waals surface area contributed by atoms with Crippen molar-refractivity contribution in [3.63, 3.8) is 0 Å². The standard InChI is InChI=1S/C24H22N4O5/c1-25-23(29)19-13-17(8-10-26-19)32-16-5-6-18-21(14-16)33-24(28-18)27-9-7-15-3-2-4-20-22(15)31-12-11-30-20/h2-6,8,10,13-14H,7,9,11-12H2,1H3,(H,25,29)(H,27,28). The van der Waals surface area contributed by atoms with Gasteiger partial charge in [-0.15, -0.1) is 0 Å². The normalized spacial score (nSPS) is 12.4. The Morgan fingerprint density at radius 1 is 1.09 bits per heavy atom. The van der Waals surface area contributed by atoms with E-state index in [1.54, 1.807) is 31.3 Å². The summed E-state index contributed by atoms with van der Waals surface area (Å²) in [6.07, 6.45) is 2.26.